The summed E-state index contributed by atoms with van der Waals surface area (Å²) in [6.07, 6.45) is 3.15. The van der Waals surface area contributed by atoms with Crippen molar-refractivity contribution in [3.63, 3.8) is 0 Å². The van der Waals surface area contributed by atoms with Crippen LogP contribution in [0.1, 0.15) is 17.7 Å². The first-order chi connectivity index (χ1) is 12.7. The normalized spacial score (nSPS) is 17.8. The molecule has 140 valence electrons. The third-order valence-electron chi connectivity index (χ3n) is 4.57. The van der Waals surface area contributed by atoms with Crippen LogP contribution in [0, 0.1) is 0 Å². The molecule has 2 heterocycles. The SMILES string of the molecule is COc1ccc(CN2CCOC(CCc3cc(=O)[nH]cn3)C2)c(OC)c1. The number of hydrogen-bond acceptors (Lipinski definition) is 6. The van der Waals surface area contributed by atoms with Crippen LogP contribution in [0.4, 0.5) is 0 Å². The predicted octanol–water partition coefficient (Wildman–Crippen LogP) is 1.62. The Labute approximate surface area is 152 Å². The van der Waals surface area contributed by atoms with E-state index in [9.17, 15) is 4.79 Å². The zero-order valence-corrected chi connectivity index (χ0v) is 15.2. The van der Waals surface area contributed by atoms with Crippen LogP contribution in [0.2, 0.25) is 0 Å². The van der Waals surface area contributed by atoms with E-state index in [-0.39, 0.29) is 11.7 Å². The van der Waals surface area contributed by atoms with Crippen molar-refractivity contribution in [2.75, 3.05) is 33.9 Å². The Morgan fingerprint density at radius 2 is 2.19 bits per heavy atom. The van der Waals surface area contributed by atoms with Crippen LogP contribution in [-0.2, 0) is 17.7 Å². The largest absolute Gasteiger partial charge is 0.497 e. The fourth-order valence-electron chi connectivity index (χ4n) is 3.18. The number of methoxy groups -OCH3 is 2. The van der Waals surface area contributed by atoms with E-state index in [1.807, 2.05) is 18.2 Å². The van der Waals surface area contributed by atoms with Gasteiger partial charge in [-0.1, -0.05) is 6.07 Å². The summed E-state index contributed by atoms with van der Waals surface area (Å²) in [5.41, 5.74) is 1.81. The molecule has 1 N–H and O–H groups in total. The number of benzene rings is 1. The molecule has 1 aromatic heterocycles. The predicted molar refractivity (Wildman–Crippen MR) is 97.7 cm³/mol. The number of aryl methyl sites for hydroxylation is 1. The Morgan fingerprint density at radius 3 is 2.96 bits per heavy atom. The average molecular weight is 359 g/mol. The van der Waals surface area contributed by atoms with Crippen LogP contribution in [-0.4, -0.2) is 54.9 Å². The van der Waals surface area contributed by atoms with E-state index in [4.69, 9.17) is 14.2 Å². The van der Waals surface area contributed by atoms with Crippen LogP contribution in [0.5, 0.6) is 11.5 Å². The molecule has 1 aliphatic rings. The summed E-state index contributed by atoms with van der Waals surface area (Å²) >= 11 is 0. The second kappa shape index (κ2) is 8.82. The van der Waals surface area contributed by atoms with Crippen molar-refractivity contribution in [3.8, 4) is 11.5 Å². The minimum atomic E-state index is -0.118. The first kappa shape index (κ1) is 18.4. The topological polar surface area (TPSA) is 76.7 Å². The van der Waals surface area contributed by atoms with E-state index >= 15 is 0 Å². The highest BCUT2D eigenvalue weighted by molar-refractivity contribution is 5.40. The van der Waals surface area contributed by atoms with Crippen molar-refractivity contribution < 1.29 is 14.2 Å². The standard InChI is InChI=1S/C19H25N3O4/c1-24-16-5-3-14(18(10-16)25-2)11-22-7-8-26-17(12-22)6-4-15-9-19(23)21-13-20-15/h3,5,9-10,13,17H,4,6-8,11-12H2,1-2H3,(H,20,21,23). The molecule has 1 saturated heterocycles. The van der Waals surface area contributed by atoms with Crippen molar-refractivity contribution in [2.45, 2.75) is 25.5 Å². The highest BCUT2D eigenvalue weighted by atomic mass is 16.5. The fourth-order valence-corrected chi connectivity index (χ4v) is 3.18. The third-order valence-corrected chi connectivity index (χ3v) is 4.57. The molecule has 0 spiro atoms. The maximum atomic E-state index is 11.3. The number of morpholine rings is 1. The summed E-state index contributed by atoms with van der Waals surface area (Å²) in [6.45, 7) is 3.23. The molecule has 1 atom stereocenters. The van der Waals surface area contributed by atoms with Gasteiger partial charge in [0.25, 0.3) is 5.56 Å². The first-order valence-corrected chi connectivity index (χ1v) is 8.76. The molecule has 0 radical (unpaired) electrons. The van der Waals surface area contributed by atoms with E-state index in [1.54, 1.807) is 20.3 Å². The summed E-state index contributed by atoms with van der Waals surface area (Å²) in [5, 5.41) is 0. The molecular weight excluding hydrogens is 334 g/mol. The molecule has 0 amide bonds. The van der Waals surface area contributed by atoms with Gasteiger partial charge in [0.2, 0.25) is 0 Å². The second-order valence-electron chi connectivity index (χ2n) is 6.35. The molecule has 2 aromatic rings. The Morgan fingerprint density at radius 1 is 1.31 bits per heavy atom. The number of H-pyrrole nitrogens is 1. The van der Waals surface area contributed by atoms with E-state index in [0.29, 0.717) is 6.61 Å². The smallest absolute Gasteiger partial charge is 0.250 e. The van der Waals surface area contributed by atoms with Gasteiger partial charge in [-0.2, -0.15) is 0 Å². The number of nitrogens with zero attached hydrogens (tertiary/aromatic N) is 2. The summed E-state index contributed by atoms with van der Waals surface area (Å²) < 4.78 is 16.6. The number of aromatic nitrogens is 2. The van der Waals surface area contributed by atoms with Gasteiger partial charge >= 0.3 is 0 Å². The van der Waals surface area contributed by atoms with Gasteiger partial charge in [0.1, 0.15) is 11.5 Å². The number of aromatic amines is 1. The van der Waals surface area contributed by atoms with Crippen molar-refractivity contribution in [1.29, 1.82) is 0 Å². The highest BCUT2D eigenvalue weighted by Crippen LogP contribution is 2.26. The van der Waals surface area contributed by atoms with Crippen LogP contribution < -0.4 is 15.0 Å². The Balaban J connectivity index is 1.57. The molecule has 1 unspecified atom stereocenters. The summed E-state index contributed by atoms with van der Waals surface area (Å²) in [7, 11) is 3.32. The monoisotopic (exact) mass is 359 g/mol. The van der Waals surface area contributed by atoms with Gasteiger partial charge < -0.3 is 19.2 Å². The van der Waals surface area contributed by atoms with E-state index in [2.05, 4.69) is 14.9 Å². The average Bonchev–Trinajstić information content (AvgIpc) is 2.67. The lowest BCUT2D eigenvalue weighted by molar-refractivity contribution is -0.0348. The quantitative estimate of drug-likeness (QED) is 0.810. The zero-order chi connectivity index (χ0) is 18.4. The molecule has 0 saturated carbocycles. The lowest BCUT2D eigenvalue weighted by Gasteiger charge is -2.33. The number of hydrogen-bond donors (Lipinski definition) is 1. The van der Waals surface area contributed by atoms with Gasteiger partial charge in [-0.05, 0) is 18.9 Å². The first-order valence-electron chi connectivity index (χ1n) is 8.76. The van der Waals surface area contributed by atoms with E-state index < -0.39 is 0 Å². The molecule has 26 heavy (non-hydrogen) atoms. The maximum Gasteiger partial charge on any atom is 0.250 e. The van der Waals surface area contributed by atoms with Gasteiger partial charge in [-0.25, -0.2) is 4.98 Å². The van der Waals surface area contributed by atoms with Gasteiger partial charge in [0, 0.05) is 43.0 Å². The molecule has 1 fully saturated rings. The number of rotatable bonds is 7. The minimum absolute atomic E-state index is 0.118. The van der Waals surface area contributed by atoms with E-state index in [0.717, 1.165) is 55.2 Å². The van der Waals surface area contributed by atoms with Crippen LogP contribution in [0.15, 0.2) is 35.4 Å². The number of nitrogens with one attached hydrogen (secondary N) is 1. The zero-order valence-electron chi connectivity index (χ0n) is 15.2. The lowest BCUT2D eigenvalue weighted by atomic mass is 10.1. The minimum Gasteiger partial charge on any atom is -0.497 e. The van der Waals surface area contributed by atoms with Crippen molar-refractivity contribution in [1.82, 2.24) is 14.9 Å². The molecular formula is C19H25N3O4. The Hall–Kier alpha value is -2.38. The van der Waals surface area contributed by atoms with Gasteiger partial charge in [-0.3, -0.25) is 9.69 Å². The lowest BCUT2D eigenvalue weighted by Crippen LogP contribution is -2.42. The van der Waals surface area contributed by atoms with Crippen LogP contribution >= 0.6 is 0 Å². The molecule has 7 heteroatoms. The molecule has 0 aliphatic carbocycles. The van der Waals surface area contributed by atoms with Crippen LogP contribution in [0.3, 0.4) is 0 Å². The molecule has 1 aromatic carbocycles. The summed E-state index contributed by atoms with van der Waals surface area (Å²) in [4.78, 5) is 20.4. The molecule has 0 bridgehead atoms. The van der Waals surface area contributed by atoms with Crippen molar-refractivity contribution in [2.24, 2.45) is 0 Å². The Bertz CT molecular complexity index is 777. The van der Waals surface area contributed by atoms with E-state index in [1.165, 1.54) is 6.33 Å². The molecule has 7 nitrogen and oxygen atoms in total. The van der Waals surface area contributed by atoms with Gasteiger partial charge in [0.05, 0.1) is 33.3 Å². The molecule has 1 aliphatic heterocycles. The second-order valence-corrected chi connectivity index (χ2v) is 6.35. The van der Waals surface area contributed by atoms with Crippen molar-refractivity contribution >= 4 is 0 Å². The van der Waals surface area contributed by atoms with Crippen molar-refractivity contribution in [3.05, 3.63) is 52.2 Å². The van der Waals surface area contributed by atoms with Gasteiger partial charge in [-0.15, -0.1) is 0 Å². The molecule has 3 rings (SSSR count). The highest BCUT2D eigenvalue weighted by Gasteiger charge is 2.21. The third kappa shape index (κ3) is 4.83. The maximum absolute atomic E-state index is 11.3. The summed E-state index contributed by atoms with van der Waals surface area (Å²) in [6, 6.07) is 7.45. The van der Waals surface area contributed by atoms with Gasteiger partial charge in [0.15, 0.2) is 0 Å². The van der Waals surface area contributed by atoms with Crippen LogP contribution in [0.25, 0.3) is 0 Å². The number of ether oxygens (including phenoxy) is 3. The fraction of sp³-hybridized carbons (Fsp3) is 0.474. The Kier molecular flexibility index (Phi) is 6.25. The summed E-state index contributed by atoms with van der Waals surface area (Å²) in [5.74, 6) is 1.62.